The minimum Gasteiger partial charge on any atom is -0.462 e. The standard InChI is InChI=1S/C45H84O5/c1-3-5-7-9-11-13-15-17-19-21-22-24-25-27-29-31-33-35-37-39-44(47)49-42-43(41-46)50-45(48)40-38-36-34-32-30-28-26-23-20-18-16-14-12-10-8-6-4-2/h12,14,18,20,43,46H,3-11,13,15-17,19,21-42H2,1-2H3. The summed E-state index contributed by atoms with van der Waals surface area (Å²) in [4.78, 5) is 24.3. The van der Waals surface area contributed by atoms with Crippen LogP contribution < -0.4 is 0 Å². The van der Waals surface area contributed by atoms with Crippen LogP contribution in [-0.2, 0) is 19.1 Å². The third-order valence-corrected chi connectivity index (χ3v) is 9.75. The monoisotopic (exact) mass is 705 g/mol. The molecule has 1 atom stereocenters. The molecule has 0 aromatic rings. The van der Waals surface area contributed by atoms with E-state index in [1.807, 2.05) is 0 Å². The van der Waals surface area contributed by atoms with Crippen molar-refractivity contribution in [1.29, 1.82) is 0 Å². The number of allylic oxidation sites excluding steroid dienone is 4. The molecule has 1 N–H and O–H groups in total. The van der Waals surface area contributed by atoms with Gasteiger partial charge in [0.05, 0.1) is 6.61 Å². The van der Waals surface area contributed by atoms with Gasteiger partial charge in [0.15, 0.2) is 6.10 Å². The van der Waals surface area contributed by atoms with Gasteiger partial charge in [0.2, 0.25) is 0 Å². The summed E-state index contributed by atoms with van der Waals surface area (Å²) < 4.78 is 10.6. The molecule has 1 unspecified atom stereocenters. The van der Waals surface area contributed by atoms with Gasteiger partial charge in [-0.15, -0.1) is 0 Å². The van der Waals surface area contributed by atoms with E-state index < -0.39 is 6.10 Å². The molecule has 0 aliphatic rings. The van der Waals surface area contributed by atoms with Crippen molar-refractivity contribution < 1.29 is 24.2 Å². The number of carbonyl (C=O) groups excluding carboxylic acids is 2. The van der Waals surface area contributed by atoms with E-state index in [1.54, 1.807) is 0 Å². The van der Waals surface area contributed by atoms with Crippen LogP contribution in [-0.4, -0.2) is 36.4 Å². The average molecular weight is 705 g/mol. The fourth-order valence-electron chi connectivity index (χ4n) is 6.41. The van der Waals surface area contributed by atoms with Gasteiger partial charge in [0, 0.05) is 12.8 Å². The summed E-state index contributed by atoms with van der Waals surface area (Å²) in [6.07, 6.45) is 49.6. The average Bonchev–Trinajstić information content (AvgIpc) is 3.12. The molecule has 0 fully saturated rings. The quantitative estimate of drug-likeness (QED) is 0.0390. The van der Waals surface area contributed by atoms with E-state index in [0.717, 1.165) is 51.4 Å². The predicted octanol–water partition coefficient (Wildman–Crippen LogP) is 13.8. The second kappa shape index (κ2) is 41.8. The van der Waals surface area contributed by atoms with Gasteiger partial charge >= 0.3 is 11.9 Å². The van der Waals surface area contributed by atoms with Crippen LogP contribution >= 0.6 is 0 Å². The molecule has 5 nitrogen and oxygen atoms in total. The van der Waals surface area contributed by atoms with Crippen LogP contribution in [0.15, 0.2) is 24.3 Å². The van der Waals surface area contributed by atoms with Gasteiger partial charge in [-0.2, -0.15) is 0 Å². The third kappa shape index (κ3) is 39.2. The highest BCUT2D eigenvalue weighted by atomic mass is 16.6. The van der Waals surface area contributed by atoms with Crippen molar-refractivity contribution in [2.45, 2.75) is 238 Å². The number of hydrogen-bond donors (Lipinski definition) is 1. The number of rotatable bonds is 40. The molecule has 0 bridgehead atoms. The summed E-state index contributed by atoms with van der Waals surface area (Å²) in [6, 6.07) is 0. The van der Waals surface area contributed by atoms with Crippen LogP contribution in [0.4, 0.5) is 0 Å². The van der Waals surface area contributed by atoms with Crippen LogP contribution in [0, 0.1) is 0 Å². The molecule has 0 aliphatic heterocycles. The third-order valence-electron chi connectivity index (χ3n) is 9.75. The van der Waals surface area contributed by atoms with E-state index in [-0.39, 0.29) is 25.2 Å². The van der Waals surface area contributed by atoms with E-state index in [2.05, 4.69) is 38.2 Å². The summed E-state index contributed by atoms with van der Waals surface area (Å²) in [6.45, 7) is 4.13. The van der Waals surface area contributed by atoms with Crippen molar-refractivity contribution in [3.8, 4) is 0 Å². The Morgan fingerprint density at radius 3 is 1.22 bits per heavy atom. The largest absolute Gasteiger partial charge is 0.462 e. The first-order valence-electron chi connectivity index (χ1n) is 21.9. The topological polar surface area (TPSA) is 72.8 Å². The Morgan fingerprint density at radius 1 is 0.460 bits per heavy atom. The van der Waals surface area contributed by atoms with E-state index in [4.69, 9.17) is 9.47 Å². The summed E-state index contributed by atoms with van der Waals surface area (Å²) in [5.41, 5.74) is 0. The first-order valence-corrected chi connectivity index (χ1v) is 21.9. The normalized spacial score (nSPS) is 12.3. The lowest BCUT2D eigenvalue weighted by atomic mass is 10.0. The zero-order valence-electron chi connectivity index (χ0n) is 33.4. The summed E-state index contributed by atoms with van der Waals surface area (Å²) in [5, 5.41) is 9.58. The smallest absolute Gasteiger partial charge is 0.306 e. The molecule has 294 valence electrons. The van der Waals surface area contributed by atoms with Gasteiger partial charge in [0.25, 0.3) is 0 Å². The van der Waals surface area contributed by atoms with Gasteiger partial charge in [-0.1, -0.05) is 199 Å². The molecular formula is C45H84O5. The SMILES string of the molecule is CCCCCC=CCC=CCCCCCCCCCC(=O)OC(CO)COC(=O)CCCCCCCCCCCCCCCCCCCCC. The molecular weight excluding hydrogens is 620 g/mol. The van der Waals surface area contributed by atoms with Crippen LogP contribution in [0.3, 0.4) is 0 Å². The Hall–Kier alpha value is -1.62. The Bertz CT molecular complexity index is 761. The first kappa shape index (κ1) is 48.4. The zero-order valence-corrected chi connectivity index (χ0v) is 33.4. The van der Waals surface area contributed by atoms with E-state index in [0.29, 0.717) is 12.8 Å². The molecule has 0 aliphatic carbocycles. The molecule has 0 amide bonds. The first-order chi connectivity index (χ1) is 24.6. The predicted molar refractivity (Wildman–Crippen MR) is 215 cm³/mol. The fraction of sp³-hybridized carbons (Fsp3) is 0.867. The molecule has 0 aromatic heterocycles. The highest BCUT2D eigenvalue weighted by Gasteiger charge is 2.16. The number of aliphatic hydroxyl groups is 1. The maximum absolute atomic E-state index is 12.2. The lowest BCUT2D eigenvalue weighted by Crippen LogP contribution is -2.28. The van der Waals surface area contributed by atoms with Crippen molar-refractivity contribution in [2.75, 3.05) is 13.2 Å². The van der Waals surface area contributed by atoms with Crippen molar-refractivity contribution >= 4 is 11.9 Å². The second-order valence-corrected chi connectivity index (χ2v) is 14.8. The zero-order chi connectivity index (χ0) is 36.4. The Morgan fingerprint density at radius 2 is 0.800 bits per heavy atom. The van der Waals surface area contributed by atoms with Crippen molar-refractivity contribution in [2.24, 2.45) is 0 Å². The van der Waals surface area contributed by atoms with Gasteiger partial charge in [-0.25, -0.2) is 0 Å². The van der Waals surface area contributed by atoms with Crippen LogP contribution in [0.1, 0.15) is 232 Å². The molecule has 0 aromatic carbocycles. The highest BCUT2D eigenvalue weighted by Crippen LogP contribution is 2.15. The minimum absolute atomic E-state index is 0.0644. The second-order valence-electron chi connectivity index (χ2n) is 14.8. The number of hydrogen-bond acceptors (Lipinski definition) is 5. The van der Waals surface area contributed by atoms with E-state index in [9.17, 15) is 14.7 Å². The lowest BCUT2D eigenvalue weighted by Gasteiger charge is -2.15. The van der Waals surface area contributed by atoms with E-state index in [1.165, 1.54) is 154 Å². The Balaban J connectivity index is 3.50. The number of aliphatic hydroxyl groups excluding tert-OH is 1. The molecule has 0 saturated carbocycles. The molecule has 0 radical (unpaired) electrons. The van der Waals surface area contributed by atoms with Gasteiger partial charge < -0.3 is 14.6 Å². The maximum atomic E-state index is 12.2. The van der Waals surface area contributed by atoms with Gasteiger partial charge in [-0.05, 0) is 44.9 Å². The number of carbonyl (C=O) groups is 2. The van der Waals surface area contributed by atoms with Crippen molar-refractivity contribution in [3.63, 3.8) is 0 Å². The molecule has 50 heavy (non-hydrogen) atoms. The summed E-state index contributed by atoms with van der Waals surface area (Å²) in [5.74, 6) is -0.589. The number of unbranched alkanes of at least 4 members (excludes halogenated alkanes) is 28. The van der Waals surface area contributed by atoms with Gasteiger partial charge in [0.1, 0.15) is 6.61 Å². The lowest BCUT2D eigenvalue weighted by molar-refractivity contribution is -0.161. The fourth-order valence-corrected chi connectivity index (χ4v) is 6.41. The maximum Gasteiger partial charge on any atom is 0.306 e. The van der Waals surface area contributed by atoms with Crippen LogP contribution in [0.25, 0.3) is 0 Å². The molecule has 0 saturated heterocycles. The van der Waals surface area contributed by atoms with E-state index >= 15 is 0 Å². The van der Waals surface area contributed by atoms with Crippen LogP contribution in [0.5, 0.6) is 0 Å². The Labute approximate surface area is 311 Å². The summed E-state index contributed by atoms with van der Waals surface area (Å²) in [7, 11) is 0. The number of ether oxygens (including phenoxy) is 2. The van der Waals surface area contributed by atoms with Crippen molar-refractivity contribution in [1.82, 2.24) is 0 Å². The molecule has 0 rings (SSSR count). The van der Waals surface area contributed by atoms with Crippen LogP contribution in [0.2, 0.25) is 0 Å². The number of esters is 2. The van der Waals surface area contributed by atoms with Crippen molar-refractivity contribution in [3.05, 3.63) is 24.3 Å². The van der Waals surface area contributed by atoms with Gasteiger partial charge in [-0.3, -0.25) is 9.59 Å². The molecule has 0 heterocycles. The Kier molecular flexibility index (Phi) is 40.4. The molecule has 0 spiro atoms. The minimum atomic E-state index is -0.771. The highest BCUT2D eigenvalue weighted by molar-refractivity contribution is 5.70. The molecule has 5 heteroatoms. The summed E-state index contributed by atoms with van der Waals surface area (Å²) >= 11 is 0.